The minimum Gasteiger partial charge on any atom is -0.260 e. The molecule has 1 N–H and O–H groups in total. The molecule has 2 aromatic heterocycles. The number of hydrogen-bond donors (Lipinski definition) is 1. The maximum absolute atomic E-state index is 10.6. The van der Waals surface area contributed by atoms with Gasteiger partial charge in [-0.05, 0) is 0 Å². The number of nitrogens with one attached hydrogen (secondary N) is 1. The molecule has 0 amide bonds. The molecule has 0 radical (unpaired) electrons. The summed E-state index contributed by atoms with van der Waals surface area (Å²) in [5.74, 6) is 0. The summed E-state index contributed by atoms with van der Waals surface area (Å²) in [6.45, 7) is 0. The van der Waals surface area contributed by atoms with E-state index < -0.39 is 4.92 Å². The Hall–Kier alpha value is -2.50. The van der Waals surface area contributed by atoms with Crippen LogP contribution in [0.2, 0.25) is 0 Å². The molecule has 0 spiro atoms. The normalized spacial score (nSPS) is 13.6. The van der Waals surface area contributed by atoms with Crippen molar-refractivity contribution in [1.29, 1.82) is 0 Å². The van der Waals surface area contributed by atoms with Crippen molar-refractivity contribution in [1.82, 2.24) is 15.2 Å². The third-order valence-electron chi connectivity index (χ3n) is 2.44. The average molecular weight is 214 g/mol. The molecule has 78 valence electrons. The quantitative estimate of drug-likeness (QED) is 0.610. The second kappa shape index (κ2) is 2.99. The van der Waals surface area contributed by atoms with Crippen molar-refractivity contribution >= 4 is 22.3 Å². The second-order valence-electron chi connectivity index (χ2n) is 3.40. The number of rotatable bonds is 2. The van der Waals surface area contributed by atoms with Gasteiger partial charge in [-0.3, -0.25) is 15.2 Å². The predicted molar refractivity (Wildman–Crippen MR) is 57.7 cm³/mol. The molecule has 6 nitrogen and oxygen atoms in total. The van der Waals surface area contributed by atoms with Crippen molar-refractivity contribution in [3.05, 3.63) is 46.3 Å². The summed E-state index contributed by atoms with van der Waals surface area (Å²) in [6.07, 6.45) is 6.90. The van der Waals surface area contributed by atoms with Crippen molar-refractivity contribution in [3.63, 3.8) is 0 Å². The molecule has 0 unspecified atom stereocenters. The number of nitrogens with zero attached hydrogens (tertiary/aromatic N) is 3. The Morgan fingerprint density at radius 3 is 2.88 bits per heavy atom. The second-order valence-corrected chi connectivity index (χ2v) is 3.40. The van der Waals surface area contributed by atoms with Gasteiger partial charge in [-0.1, -0.05) is 18.2 Å². The number of aromatic nitrogens is 3. The van der Waals surface area contributed by atoms with Gasteiger partial charge in [0.25, 0.3) is 5.69 Å². The molecular weight excluding hydrogens is 208 g/mol. The Bertz CT molecular complexity index is 654. The largest absolute Gasteiger partial charge is 0.288 e. The van der Waals surface area contributed by atoms with Crippen molar-refractivity contribution in [2.45, 2.75) is 0 Å². The van der Waals surface area contributed by atoms with Crippen molar-refractivity contribution in [3.8, 4) is 0 Å². The molecule has 0 saturated carbocycles. The van der Waals surface area contributed by atoms with E-state index in [1.165, 1.54) is 12.3 Å². The van der Waals surface area contributed by atoms with Crippen molar-refractivity contribution < 1.29 is 4.92 Å². The smallest absolute Gasteiger partial charge is 0.260 e. The standard InChI is InChI=1S/C10H6N4O2/c15-14(16)7-4-8-9(6-2-1-3-6)12-13-10(8)11-5-7/h1-5H,(H,11,12,13). The van der Waals surface area contributed by atoms with E-state index in [1.54, 1.807) is 0 Å². The van der Waals surface area contributed by atoms with Crippen LogP contribution in [0.5, 0.6) is 0 Å². The highest BCUT2D eigenvalue weighted by Crippen LogP contribution is 2.28. The van der Waals surface area contributed by atoms with Gasteiger partial charge in [0.15, 0.2) is 5.65 Å². The van der Waals surface area contributed by atoms with E-state index in [9.17, 15) is 10.1 Å². The molecule has 2 aromatic rings. The maximum atomic E-state index is 10.6. The summed E-state index contributed by atoms with van der Waals surface area (Å²) in [6, 6.07) is 1.48. The third-order valence-corrected chi connectivity index (χ3v) is 2.44. The number of fused-ring (bicyclic) bond motifs is 1. The summed E-state index contributed by atoms with van der Waals surface area (Å²) in [5, 5.41) is 18.1. The fourth-order valence-electron chi connectivity index (χ4n) is 1.56. The number of aromatic amines is 1. The first-order valence-electron chi connectivity index (χ1n) is 4.63. The van der Waals surface area contributed by atoms with Gasteiger partial charge >= 0.3 is 0 Å². The average Bonchev–Trinajstić information content (AvgIpc) is 2.59. The Morgan fingerprint density at radius 2 is 2.25 bits per heavy atom. The highest BCUT2D eigenvalue weighted by molar-refractivity contribution is 5.94. The third kappa shape index (κ3) is 1.13. The molecule has 0 aliphatic heterocycles. The SMILES string of the molecule is O=[N+]([O-])c1cnc2[nH]nc(C3=CC=C3)c2c1. The lowest BCUT2D eigenvalue weighted by molar-refractivity contribution is -0.385. The number of pyridine rings is 1. The summed E-state index contributed by atoms with van der Waals surface area (Å²) in [4.78, 5) is 14.1. The lowest BCUT2D eigenvalue weighted by atomic mass is 10.0. The number of H-pyrrole nitrogens is 1. The van der Waals surface area contributed by atoms with Gasteiger partial charge in [-0.15, -0.1) is 0 Å². The van der Waals surface area contributed by atoms with Crippen LogP contribution in [-0.4, -0.2) is 20.1 Å². The minimum atomic E-state index is -0.464. The van der Waals surface area contributed by atoms with Crippen molar-refractivity contribution in [2.24, 2.45) is 0 Å². The van der Waals surface area contributed by atoms with Crippen LogP contribution in [0.4, 0.5) is 5.69 Å². The monoisotopic (exact) mass is 214 g/mol. The first-order chi connectivity index (χ1) is 7.75. The van der Waals surface area contributed by atoms with Crippen LogP contribution in [-0.2, 0) is 0 Å². The van der Waals surface area contributed by atoms with E-state index >= 15 is 0 Å². The molecule has 3 rings (SSSR count). The highest BCUT2D eigenvalue weighted by Gasteiger charge is 2.15. The van der Waals surface area contributed by atoms with E-state index in [0.717, 1.165) is 5.57 Å². The lowest BCUT2D eigenvalue weighted by Gasteiger charge is -2.02. The summed E-state index contributed by atoms with van der Waals surface area (Å²) in [5.41, 5.74) is 2.18. The molecule has 0 saturated heterocycles. The Kier molecular flexibility index (Phi) is 1.64. The Morgan fingerprint density at radius 1 is 1.44 bits per heavy atom. The zero-order valence-corrected chi connectivity index (χ0v) is 8.04. The van der Waals surface area contributed by atoms with Crippen LogP contribution in [0.1, 0.15) is 5.69 Å². The van der Waals surface area contributed by atoms with Crippen molar-refractivity contribution in [2.75, 3.05) is 0 Å². The summed E-state index contributed by atoms with van der Waals surface area (Å²) >= 11 is 0. The highest BCUT2D eigenvalue weighted by atomic mass is 16.6. The van der Waals surface area contributed by atoms with Gasteiger partial charge in [-0.25, -0.2) is 4.98 Å². The van der Waals surface area contributed by atoms with Gasteiger partial charge < -0.3 is 0 Å². The Labute approximate surface area is 89.5 Å². The molecule has 1 aliphatic carbocycles. The van der Waals surface area contributed by atoms with E-state index in [2.05, 4.69) is 15.2 Å². The van der Waals surface area contributed by atoms with Crippen LogP contribution >= 0.6 is 0 Å². The molecule has 0 atom stereocenters. The molecular formula is C10H6N4O2. The first kappa shape index (κ1) is 8.78. The van der Waals surface area contributed by atoms with Gasteiger partial charge in [-0.2, -0.15) is 5.10 Å². The molecule has 0 aromatic carbocycles. The van der Waals surface area contributed by atoms with E-state index in [0.29, 0.717) is 16.7 Å². The first-order valence-corrected chi connectivity index (χ1v) is 4.63. The zero-order valence-electron chi connectivity index (χ0n) is 8.04. The van der Waals surface area contributed by atoms with Crippen LogP contribution in [0.3, 0.4) is 0 Å². The van der Waals surface area contributed by atoms with Gasteiger partial charge in [0.05, 0.1) is 10.3 Å². The van der Waals surface area contributed by atoms with E-state index in [4.69, 9.17) is 0 Å². The molecule has 6 heteroatoms. The molecule has 0 fully saturated rings. The van der Waals surface area contributed by atoms with Crippen LogP contribution in [0.15, 0.2) is 30.5 Å². The number of hydrogen-bond acceptors (Lipinski definition) is 4. The zero-order chi connectivity index (χ0) is 11.1. The Balaban J connectivity index is 2.23. The molecule has 1 aliphatic rings. The molecule has 16 heavy (non-hydrogen) atoms. The lowest BCUT2D eigenvalue weighted by Crippen LogP contribution is -1.90. The minimum absolute atomic E-state index is 0.0287. The van der Waals surface area contributed by atoms with Gasteiger partial charge in [0, 0.05) is 11.6 Å². The van der Waals surface area contributed by atoms with Gasteiger partial charge in [0.1, 0.15) is 11.9 Å². The predicted octanol–water partition coefficient (Wildman–Crippen LogP) is 1.82. The fourth-order valence-corrected chi connectivity index (χ4v) is 1.56. The number of allylic oxidation sites excluding steroid dienone is 4. The van der Waals surface area contributed by atoms with Gasteiger partial charge in [0.2, 0.25) is 0 Å². The molecule has 0 bridgehead atoms. The van der Waals surface area contributed by atoms with Crippen LogP contribution in [0.25, 0.3) is 16.6 Å². The maximum Gasteiger partial charge on any atom is 0.288 e. The van der Waals surface area contributed by atoms with E-state index in [1.807, 2.05) is 18.2 Å². The molecule has 2 heterocycles. The van der Waals surface area contributed by atoms with Crippen LogP contribution in [0, 0.1) is 10.1 Å². The number of nitro groups is 1. The fraction of sp³-hybridized carbons (Fsp3) is 0. The van der Waals surface area contributed by atoms with Crippen LogP contribution < -0.4 is 0 Å². The summed E-state index contributed by atoms with van der Waals surface area (Å²) in [7, 11) is 0. The topological polar surface area (TPSA) is 84.7 Å². The summed E-state index contributed by atoms with van der Waals surface area (Å²) < 4.78 is 0. The van der Waals surface area contributed by atoms with E-state index in [-0.39, 0.29) is 5.69 Å².